The van der Waals surface area contributed by atoms with Gasteiger partial charge < -0.3 is 14.4 Å². The molecule has 1 heterocycles. The van der Waals surface area contributed by atoms with Gasteiger partial charge in [0.2, 0.25) is 0 Å². The zero-order valence-corrected chi connectivity index (χ0v) is 17.8. The lowest BCUT2D eigenvalue weighted by Gasteiger charge is -2.35. The Labute approximate surface area is 188 Å². The summed E-state index contributed by atoms with van der Waals surface area (Å²) in [6.07, 6.45) is -21.1. The number of halogens is 9. The molecule has 1 saturated heterocycles. The third kappa shape index (κ3) is 6.39. The van der Waals surface area contributed by atoms with Gasteiger partial charge in [-0.3, -0.25) is 4.90 Å². The van der Waals surface area contributed by atoms with E-state index in [1.165, 1.54) is 12.1 Å². The molecule has 34 heavy (non-hydrogen) atoms. The van der Waals surface area contributed by atoms with Crippen LogP contribution in [0.2, 0.25) is 0 Å². The topological polar surface area (TPSA) is 42.0 Å². The Morgan fingerprint density at radius 1 is 0.971 bits per heavy atom. The van der Waals surface area contributed by atoms with E-state index in [9.17, 15) is 44.3 Å². The zero-order valence-electron chi connectivity index (χ0n) is 17.8. The molecule has 0 atom stereocenters. The van der Waals surface area contributed by atoms with Gasteiger partial charge >= 0.3 is 24.6 Å². The van der Waals surface area contributed by atoms with Crippen LogP contribution < -0.4 is 4.74 Å². The molecule has 14 heteroatoms. The van der Waals surface area contributed by atoms with Gasteiger partial charge in [-0.2, -0.15) is 39.5 Å². The number of alkyl halides is 9. The highest BCUT2D eigenvalue weighted by atomic mass is 19.4. The first-order valence-corrected chi connectivity index (χ1v) is 10.2. The predicted molar refractivity (Wildman–Crippen MR) is 98.9 cm³/mol. The van der Waals surface area contributed by atoms with Crippen molar-refractivity contribution in [2.45, 2.75) is 56.5 Å². The second kappa shape index (κ2) is 9.00. The minimum atomic E-state index is -5.83. The van der Waals surface area contributed by atoms with Gasteiger partial charge in [0.05, 0.1) is 5.56 Å². The van der Waals surface area contributed by atoms with Crippen molar-refractivity contribution in [2.24, 2.45) is 0 Å². The van der Waals surface area contributed by atoms with E-state index in [2.05, 4.69) is 4.74 Å². The normalized spacial score (nSPS) is 19.3. The highest BCUT2D eigenvalue weighted by Gasteiger charge is 2.60. The van der Waals surface area contributed by atoms with Crippen LogP contribution in [0.25, 0.3) is 0 Å². The molecule has 0 unspecified atom stereocenters. The molecule has 0 aromatic heterocycles. The molecular weight excluding hydrogens is 487 g/mol. The second-order valence-electron chi connectivity index (χ2n) is 8.45. The standard InChI is InChI=1S/C20H21F9N2O3/c1-17(5-6-17)34-14-12(3-2-4-13(14)18(21,22)23)11-30-7-9-31(10-8-30)16(32)33-15(19(24,25)26)20(27,28)29/h2-4,15H,5-11H2,1H3. The van der Waals surface area contributed by atoms with Crippen molar-refractivity contribution in [3.8, 4) is 5.75 Å². The van der Waals surface area contributed by atoms with Crippen LogP contribution in [0.4, 0.5) is 44.3 Å². The lowest BCUT2D eigenvalue weighted by Crippen LogP contribution is -2.52. The van der Waals surface area contributed by atoms with E-state index >= 15 is 0 Å². The van der Waals surface area contributed by atoms with Crippen molar-refractivity contribution in [1.29, 1.82) is 0 Å². The third-order valence-corrected chi connectivity index (χ3v) is 5.54. The van der Waals surface area contributed by atoms with E-state index in [1.807, 2.05) is 0 Å². The van der Waals surface area contributed by atoms with E-state index in [0.717, 1.165) is 6.07 Å². The van der Waals surface area contributed by atoms with Crippen LogP contribution in [-0.2, 0) is 17.5 Å². The predicted octanol–water partition coefficient (Wildman–Crippen LogP) is 5.38. The summed E-state index contributed by atoms with van der Waals surface area (Å²) in [7, 11) is 0. The minimum absolute atomic E-state index is 0.00917. The molecule has 0 N–H and O–H groups in total. The fraction of sp³-hybridized carbons (Fsp3) is 0.650. The molecule has 1 aliphatic carbocycles. The summed E-state index contributed by atoms with van der Waals surface area (Å²) in [5.74, 6) is -0.310. The van der Waals surface area contributed by atoms with Gasteiger partial charge in [-0.05, 0) is 25.8 Å². The van der Waals surface area contributed by atoms with Crippen molar-refractivity contribution < 1.29 is 53.8 Å². The van der Waals surface area contributed by atoms with E-state index in [4.69, 9.17) is 4.74 Å². The number of carbonyl (C=O) groups excluding carboxylic acids is 1. The summed E-state index contributed by atoms with van der Waals surface area (Å²) in [5, 5.41) is 0. The molecule has 0 radical (unpaired) electrons. The molecule has 0 spiro atoms. The second-order valence-corrected chi connectivity index (χ2v) is 8.45. The lowest BCUT2D eigenvalue weighted by molar-refractivity contribution is -0.308. The van der Waals surface area contributed by atoms with Gasteiger partial charge in [-0.15, -0.1) is 0 Å². The van der Waals surface area contributed by atoms with Crippen LogP contribution in [0.5, 0.6) is 5.75 Å². The Balaban J connectivity index is 1.66. The number of ether oxygens (including phenoxy) is 2. The van der Waals surface area contributed by atoms with Gasteiger partial charge in [0.15, 0.2) is 0 Å². The number of piperazine rings is 1. The van der Waals surface area contributed by atoms with Gasteiger partial charge in [0.25, 0.3) is 6.10 Å². The number of nitrogens with zero attached hydrogens (tertiary/aromatic N) is 2. The van der Waals surface area contributed by atoms with Gasteiger partial charge in [0, 0.05) is 38.3 Å². The van der Waals surface area contributed by atoms with Crippen molar-refractivity contribution in [3.05, 3.63) is 29.3 Å². The fourth-order valence-corrected chi connectivity index (χ4v) is 3.40. The number of hydrogen-bond donors (Lipinski definition) is 0. The maximum atomic E-state index is 13.5. The average molecular weight is 508 g/mol. The number of benzene rings is 1. The quantitative estimate of drug-likeness (QED) is 0.501. The van der Waals surface area contributed by atoms with Gasteiger partial charge in [-0.1, -0.05) is 12.1 Å². The van der Waals surface area contributed by atoms with Crippen LogP contribution in [-0.4, -0.2) is 66.1 Å². The van der Waals surface area contributed by atoms with Crippen LogP contribution in [0.1, 0.15) is 30.9 Å². The Bertz CT molecular complexity index is 873. The van der Waals surface area contributed by atoms with Crippen molar-refractivity contribution in [2.75, 3.05) is 26.2 Å². The summed E-state index contributed by atoms with van der Waals surface area (Å²) in [4.78, 5) is 14.2. The molecular formula is C20H21F9N2O3. The van der Waals surface area contributed by atoms with E-state index in [1.54, 1.807) is 11.8 Å². The van der Waals surface area contributed by atoms with Gasteiger partial charge in [-0.25, -0.2) is 4.79 Å². The summed E-state index contributed by atoms with van der Waals surface area (Å²) < 4.78 is 126. The number of para-hydroxylation sites is 1. The largest absolute Gasteiger partial charge is 0.487 e. The van der Waals surface area contributed by atoms with Crippen LogP contribution in [0.3, 0.4) is 0 Å². The molecule has 192 valence electrons. The van der Waals surface area contributed by atoms with Crippen LogP contribution >= 0.6 is 0 Å². The minimum Gasteiger partial charge on any atom is -0.487 e. The summed E-state index contributed by atoms with van der Waals surface area (Å²) >= 11 is 0. The van der Waals surface area contributed by atoms with Crippen molar-refractivity contribution >= 4 is 6.09 Å². The zero-order chi connectivity index (χ0) is 25.5. The average Bonchev–Trinajstić information content (AvgIpc) is 3.42. The first-order chi connectivity index (χ1) is 15.5. The van der Waals surface area contributed by atoms with Crippen LogP contribution in [0.15, 0.2) is 18.2 Å². The van der Waals surface area contributed by atoms with E-state index in [-0.39, 0.29) is 44.0 Å². The molecule has 1 aliphatic heterocycles. The number of carbonyl (C=O) groups is 1. The molecule has 3 rings (SSSR count). The molecule has 5 nitrogen and oxygen atoms in total. The molecule has 1 amide bonds. The number of amides is 1. The first-order valence-electron chi connectivity index (χ1n) is 10.2. The maximum Gasteiger partial charge on any atom is 0.434 e. The third-order valence-electron chi connectivity index (χ3n) is 5.54. The van der Waals surface area contributed by atoms with E-state index in [0.29, 0.717) is 17.7 Å². The monoisotopic (exact) mass is 508 g/mol. The van der Waals surface area contributed by atoms with Crippen molar-refractivity contribution in [3.63, 3.8) is 0 Å². The molecule has 1 aromatic rings. The van der Waals surface area contributed by atoms with Crippen molar-refractivity contribution in [1.82, 2.24) is 9.80 Å². The molecule has 0 bridgehead atoms. The highest BCUT2D eigenvalue weighted by Crippen LogP contribution is 2.45. The summed E-state index contributed by atoms with van der Waals surface area (Å²) in [6, 6.07) is 3.58. The highest BCUT2D eigenvalue weighted by molar-refractivity contribution is 5.68. The lowest BCUT2D eigenvalue weighted by atomic mass is 10.1. The maximum absolute atomic E-state index is 13.5. The SMILES string of the molecule is CC1(Oc2c(CN3CCN(C(=O)OC(C(F)(F)F)C(F)(F)F)CC3)cccc2C(F)(F)F)CC1. The fourth-order valence-electron chi connectivity index (χ4n) is 3.40. The summed E-state index contributed by atoms with van der Waals surface area (Å²) in [6.45, 7) is 1.10. The Morgan fingerprint density at radius 2 is 1.53 bits per heavy atom. The Morgan fingerprint density at radius 3 is 2.00 bits per heavy atom. The smallest absolute Gasteiger partial charge is 0.434 e. The molecule has 1 aromatic carbocycles. The molecule has 1 saturated carbocycles. The van der Waals surface area contributed by atoms with Crippen LogP contribution in [0, 0.1) is 0 Å². The summed E-state index contributed by atoms with van der Waals surface area (Å²) in [5.41, 5.74) is -1.41. The molecule has 2 fully saturated rings. The Kier molecular flexibility index (Phi) is 6.95. The number of rotatable bonds is 5. The Hall–Kier alpha value is -2.38. The molecule has 2 aliphatic rings. The van der Waals surface area contributed by atoms with E-state index < -0.39 is 41.9 Å². The first kappa shape index (κ1) is 26.2. The van der Waals surface area contributed by atoms with Gasteiger partial charge in [0.1, 0.15) is 11.4 Å². The number of hydrogen-bond acceptors (Lipinski definition) is 4.